The van der Waals surface area contributed by atoms with Gasteiger partial charge in [-0.1, -0.05) is 11.3 Å². The number of carbonyl (C=O) groups is 1. The van der Waals surface area contributed by atoms with Crippen molar-refractivity contribution in [2.45, 2.75) is 13.0 Å². The van der Waals surface area contributed by atoms with Gasteiger partial charge >= 0.3 is 5.97 Å². The third-order valence-corrected chi connectivity index (χ3v) is 2.29. The molecule has 6 nitrogen and oxygen atoms in total. The Balaban J connectivity index is 2.27. The minimum absolute atomic E-state index is 0.0595. The zero-order valence-electron chi connectivity index (χ0n) is 8.61. The molecule has 0 spiro atoms. The van der Waals surface area contributed by atoms with Crippen molar-refractivity contribution in [3.05, 3.63) is 42.0 Å². The van der Waals surface area contributed by atoms with Gasteiger partial charge < -0.3 is 5.11 Å². The highest BCUT2D eigenvalue weighted by Gasteiger charge is 2.13. The number of pyridine rings is 1. The molecule has 16 heavy (non-hydrogen) atoms. The first-order chi connectivity index (χ1) is 7.68. The largest absolute Gasteiger partial charge is 0.476 e. The van der Waals surface area contributed by atoms with Gasteiger partial charge in [0.05, 0.1) is 12.2 Å². The minimum atomic E-state index is -1.08. The first kappa shape index (κ1) is 10.3. The smallest absolute Gasteiger partial charge is 0.358 e. The SMILES string of the molecule is C[C@H](c1cccnc1)n1cc(C(=O)O)nn1. The maximum absolute atomic E-state index is 10.6. The van der Waals surface area contributed by atoms with Crippen LogP contribution in [0.1, 0.15) is 29.0 Å². The van der Waals surface area contributed by atoms with E-state index in [2.05, 4.69) is 15.3 Å². The van der Waals surface area contributed by atoms with Gasteiger partial charge in [0, 0.05) is 12.4 Å². The first-order valence-electron chi connectivity index (χ1n) is 4.73. The van der Waals surface area contributed by atoms with E-state index in [9.17, 15) is 4.79 Å². The van der Waals surface area contributed by atoms with Crippen molar-refractivity contribution < 1.29 is 9.90 Å². The van der Waals surface area contributed by atoms with E-state index in [4.69, 9.17) is 5.11 Å². The second kappa shape index (κ2) is 4.09. The third kappa shape index (κ3) is 1.90. The number of aromatic nitrogens is 4. The molecule has 0 aliphatic carbocycles. The van der Waals surface area contributed by atoms with Crippen LogP contribution in [0, 0.1) is 0 Å². The minimum Gasteiger partial charge on any atom is -0.476 e. The molecule has 2 heterocycles. The molecule has 2 rings (SSSR count). The molecule has 1 atom stereocenters. The summed E-state index contributed by atoms with van der Waals surface area (Å²) in [7, 11) is 0. The molecule has 0 fully saturated rings. The summed E-state index contributed by atoms with van der Waals surface area (Å²) >= 11 is 0. The zero-order valence-corrected chi connectivity index (χ0v) is 8.61. The monoisotopic (exact) mass is 218 g/mol. The predicted molar refractivity (Wildman–Crippen MR) is 55.0 cm³/mol. The molecule has 6 heteroatoms. The second-order valence-corrected chi connectivity index (χ2v) is 3.35. The molecule has 2 aromatic rings. The molecule has 0 saturated heterocycles. The zero-order chi connectivity index (χ0) is 11.5. The predicted octanol–water partition coefficient (Wildman–Crippen LogP) is 0.981. The van der Waals surface area contributed by atoms with E-state index in [0.717, 1.165) is 5.56 Å². The van der Waals surface area contributed by atoms with Crippen molar-refractivity contribution in [3.63, 3.8) is 0 Å². The van der Waals surface area contributed by atoms with E-state index in [1.165, 1.54) is 10.9 Å². The van der Waals surface area contributed by atoms with E-state index in [1.807, 2.05) is 19.1 Å². The average molecular weight is 218 g/mol. The lowest BCUT2D eigenvalue weighted by atomic mass is 10.1. The van der Waals surface area contributed by atoms with Crippen LogP contribution in [0.4, 0.5) is 0 Å². The Hall–Kier alpha value is -2.24. The lowest BCUT2D eigenvalue weighted by molar-refractivity contribution is 0.0690. The van der Waals surface area contributed by atoms with Crippen molar-refractivity contribution in [2.24, 2.45) is 0 Å². The molecule has 0 amide bonds. The maximum atomic E-state index is 10.6. The van der Waals surface area contributed by atoms with Crippen molar-refractivity contribution in [1.29, 1.82) is 0 Å². The van der Waals surface area contributed by atoms with Crippen LogP contribution in [0.5, 0.6) is 0 Å². The number of rotatable bonds is 3. The van der Waals surface area contributed by atoms with Crippen molar-refractivity contribution in [3.8, 4) is 0 Å². The van der Waals surface area contributed by atoms with E-state index in [1.54, 1.807) is 12.4 Å². The Labute approximate surface area is 91.6 Å². The molecule has 2 aromatic heterocycles. The summed E-state index contributed by atoms with van der Waals surface area (Å²) in [5.41, 5.74) is 0.889. The highest BCUT2D eigenvalue weighted by atomic mass is 16.4. The topological polar surface area (TPSA) is 80.9 Å². The van der Waals surface area contributed by atoms with Crippen LogP contribution < -0.4 is 0 Å². The van der Waals surface area contributed by atoms with E-state index < -0.39 is 5.97 Å². The van der Waals surface area contributed by atoms with Gasteiger partial charge in [-0.15, -0.1) is 5.10 Å². The lowest BCUT2D eigenvalue weighted by Crippen LogP contribution is -2.07. The number of aromatic carboxylic acids is 1. The Morgan fingerprint density at radius 1 is 1.56 bits per heavy atom. The fourth-order valence-electron chi connectivity index (χ4n) is 1.34. The molecular weight excluding hydrogens is 208 g/mol. The van der Waals surface area contributed by atoms with Crippen molar-refractivity contribution >= 4 is 5.97 Å². The quantitative estimate of drug-likeness (QED) is 0.830. The first-order valence-corrected chi connectivity index (χ1v) is 4.73. The molecule has 0 bridgehead atoms. The standard InChI is InChI=1S/C10H10N4O2/c1-7(8-3-2-4-11-5-8)14-6-9(10(15)16)12-13-14/h2-7H,1H3,(H,15,16)/t7-/m1/s1. The third-order valence-electron chi connectivity index (χ3n) is 2.29. The second-order valence-electron chi connectivity index (χ2n) is 3.35. The van der Waals surface area contributed by atoms with Crippen LogP contribution in [0.2, 0.25) is 0 Å². The summed E-state index contributed by atoms with van der Waals surface area (Å²) in [5.74, 6) is -1.08. The molecular formula is C10H10N4O2. The Morgan fingerprint density at radius 3 is 2.94 bits per heavy atom. The number of carboxylic acid groups (broad SMARTS) is 1. The summed E-state index contributed by atoms with van der Waals surface area (Å²) in [6.07, 6.45) is 4.80. The number of nitrogens with zero attached hydrogens (tertiary/aromatic N) is 4. The van der Waals surface area contributed by atoms with Gasteiger partial charge in [-0.3, -0.25) is 4.98 Å². The number of hydrogen-bond donors (Lipinski definition) is 1. The fraction of sp³-hybridized carbons (Fsp3) is 0.200. The molecule has 0 aliphatic rings. The lowest BCUT2D eigenvalue weighted by Gasteiger charge is -2.10. The molecule has 0 aromatic carbocycles. The van der Waals surface area contributed by atoms with Crippen molar-refractivity contribution in [1.82, 2.24) is 20.0 Å². The summed E-state index contributed by atoms with van der Waals surface area (Å²) in [6.45, 7) is 1.90. The van der Waals surface area contributed by atoms with Gasteiger partial charge in [-0.25, -0.2) is 9.48 Å². The fourth-order valence-corrected chi connectivity index (χ4v) is 1.34. The molecule has 82 valence electrons. The van der Waals surface area contributed by atoms with Gasteiger partial charge in [-0.2, -0.15) is 0 Å². The van der Waals surface area contributed by atoms with E-state index in [0.29, 0.717) is 0 Å². The molecule has 0 aliphatic heterocycles. The molecule has 0 unspecified atom stereocenters. The average Bonchev–Trinajstić information content (AvgIpc) is 2.78. The molecule has 0 saturated carbocycles. The summed E-state index contributed by atoms with van der Waals surface area (Å²) in [4.78, 5) is 14.6. The highest BCUT2D eigenvalue weighted by Crippen LogP contribution is 2.14. The van der Waals surface area contributed by atoms with Crippen molar-refractivity contribution in [2.75, 3.05) is 0 Å². The molecule has 1 N–H and O–H groups in total. The normalized spacial score (nSPS) is 12.3. The number of carboxylic acids is 1. The summed E-state index contributed by atoms with van der Waals surface area (Å²) in [5, 5.41) is 16.0. The van der Waals surface area contributed by atoms with Gasteiger partial charge in [0.15, 0.2) is 5.69 Å². The highest BCUT2D eigenvalue weighted by molar-refractivity contribution is 5.84. The maximum Gasteiger partial charge on any atom is 0.358 e. The van der Waals surface area contributed by atoms with Crippen LogP contribution in [-0.4, -0.2) is 31.1 Å². The van der Waals surface area contributed by atoms with Crippen LogP contribution in [0.3, 0.4) is 0 Å². The van der Waals surface area contributed by atoms with Crippen LogP contribution in [0.15, 0.2) is 30.7 Å². The number of hydrogen-bond acceptors (Lipinski definition) is 4. The van der Waals surface area contributed by atoms with Gasteiger partial charge in [-0.05, 0) is 18.6 Å². The summed E-state index contributed by atoms with van der Waals surface area (Å²) < 4.78 is 1.50. The molecule has 0 radical (unpaired) electrons. The van der Waals surface area contributed by atoms with Gasteiger partial charge in [0.1, 0.15) is 0 Å². The van der Waals surface area contributed by atoms with E-state index >= 15 is 0 Å². The van der Waals surface area contributed by atoms with Gasteiger partial charge in [0.2, 0.25) is 0 Å². The Kier molecular flexibility index (Phi) is 2.63. The van der Waals surface area contributed by atoms with Crippen LogP contribution in [0.25, 0.3) is 0 Å². The van der Waals surface area contributed by atoms with E-state index in [-0.39, 0.29) is 11.7 Å². The summed E-state index contributed by atoms with van der Waals surface area (Å²) in [6, 6.07) is 3.63. The van der Waals surface area contributed by atoms with Crippen LogP contribution in [-0.2, 0) is 0 Å². The Bertz CT molecular complexity index is 495. The van der Waals surface area contributed by atoms with Crippen LogP contribution >= 0.6 is 0 Å². The Morgan fingerprint density at radius 2 is 2.38 bits per heavy atom. The van der Waals surface area contributed by atoms with Gasteiger partial charge in [0.25, 0.3) is 0 Å².